The molecule has 2 aliphatic rings. The second kappa shape index (κ2) is 6.03. The molecule has 0 heterocycles. The fourth-order valence-electron chi connectivity index (χ4n) is 3.96. The van der Waals surface area contributed by atoms with Gasteiger partial charge in [-0.3, -0.25) is 0 Å². The van der Waals surface area contributed by atoms with Crippen LogP contribution >= 0.6 is 0 Å². The molecule has 0 saturated heterocycles. The van der Waals surface area contributed by atoms with Gasteiger partial charge in [-0.15, -0.1) is 0 Å². The van der Waals surface area contributed by atoms with Crippen molar-refractivity contribution in [2.24, 2.45) is 11.3 Å². The number of ether oxygens (including phenoxy) is 1. The first-order valence-electron chi connectivity index (χ1n) is 8.75. The third kappa shape index (κ3) is 4.61. The van der Waals surface area contributed by atoms with E-state index in [2.05, 4.69) is 31.4 Å². The van der Waals surface area contributed by atoms with Crippen molar-refractivity contribution in [3.63, 3.8) is 0 Å². The first-order chi connectivity index (χ1) is 10.0. The molecule has 22 heavy (non-hydrogen) atoms. The Morgan fingerprint density at radius 3 is 2.27 bits per heavy atom. The standard InChI is InChI=1S/C18H34N2O2/c1-13-10-17(5,6)11-14(13)19-12-18(8-7-9-18)20-15(21)22-16(2,3)4/h13-14,19H,7-12H2,1-6H3,(H,20,21). The maximum atomic E-state index is 12.1. The van der Waals surface area contributed by atoms with Crippen molar-refractivity contribution in [3.05, 3.63) is 0 Å². The molecule has 2 N–H and O–H groups in total. The highest BCUT2D eigenvalue weighted by Gasteiger charge is 2.42. The summed E-state index contributed by atoms with van der Waals surface area (Å²) >= 11 is 0. The molecular formula is C18H34N2O2. The lowest BCUT2D eigenvalue weighted by molar-refractivity contribution is 0.0377. The topological polar surface area (TPSA) is 50.4 Å². The Kier molecular flexibility index (Phi) is 4.82. The van der Waals surface area contributed by atoms with Crippen LogP contribution in [-0.4, -0.2) is 29.8 Å². The second-order valence-corrected chi connectivity index (χ2v) is 9.30. The fraction of sp³-hybridized carbons (Fsp3) is 0.944. The molecule has 0 bridgehead atoms. The van der Waals surface area contributed by atoms with Gasteiger partial charge in [-0.1, -0.05) is 20.8 Å². The van der Waals surface area contributed by atoms with E-state index < -0.39 is 5.60 Å². The van der Waals surface area contributed by atoms with E-state index in [0.29, 0.717) is 17.4 Å². The first-order valence-corrected chi connectivity index (χ1v) is 8.75. The number of alkyl carbamates (subject to hydrolysis) is 1. The average molecular weight is 310 g/mol. The molecule has 0 aromatic carbocycles. The van der Waals surface area contributed by atoms with Gasteiger partial charge in [-0.25, -0.2) is 4.79 Å². The zero-order valence-electron chi connectivity index (χ0n) is 15.2. The van der Waals surface area contributed by atoms with E-state index in [0.717, 1.165) is 19.4 Å². The van der Waals surface area contributed by atoms with Crippen LogP contribution in [0.1, 0.15) is 73.6 Å². The van der Waals surface area contributed by atoms with Gasteiger partial charge in [0.25, 0.3) is 0 Å². The van der Waals surface area contributed by atoms with Crippen molar-refractivity contribution in [3.8, 4) is 0 Å². The van der Waals surface area contributed by atoms with Crippen molar-refractivity contribution < 1.29 is 9.53 Å². The van der Waals surface area contributed by atoms with Gasteiger partial charge in [-0.05, 0) is 64.2 Å². The number of hydrogen-bond donors (Lipinski definition) is 2. The molecule has 0 radical (unpaired) electrons. The average Bonchev–Trinajstić information content (AvgIpc) is 2.53. The minimum absolute atomic E-state index is 0.102. The lowest BCUT2D eigenvalue weighted by atomic mass is 9.76. The number of amides is 1. The van der Waals surface area contributed by atoms with Crippen LogP contribution in [0.3, 0.4) is 0 Å². The van der Waals surface area contributed by atoms with E-state index >= 15 is 0 Å². The molecule has 128 valence electrons. The summed E-state index contributed by atoms with van der Waals surface area (Å²) in [6, 6.07) is 0.563. The van der Waals surface area contributed by atoms with E-state index in [-0.39, 0.29) is 11.6 Å². The summed E-state index contributed by atoms with van der Waals surface area (Å²) < 4.78 is 5.42. The van der Waals surface area contributed by atoms with Crippen LogP contribution < -0.4 is 10.6 Å². The normalized spacial score (nSPS) is 29.7. The molecule has 2 atom stereocenters. The van der Waals surface area contributed by atoms with Gasteiger partial charge in [0, 0.05) is 12.6 Å². The predicted octanol–water partition coefficient (Wildman–Crippen LogP) is 3.85. The van der Waals surface area contributed by atoms with Crippen LogP contribution in [0.5, 0.6) is 0 Å². The minimum atomic E-state index is -0.438. The molecule has 0 aromatic heterocycles. The van der Waals surface area contributed by atoms with Gasteiger partial charge in [-0.2, -0.15) is 0 Å². The lowest BCUT2D eigenvalue weighted by Gasteiger charge is -2.43. The summed E-state index contributed by atoms with van der Waals surface area (Å²) in [7, 11) is 0. The fourth-order valence-corrected chi connectivity index (χ4v) is 3.96. The van der Waals surface area contributed by atoms with Crippen molar-refractivity contribution >= 4 is 6.09 Å². The summed E-state index contributed by atoms with van der Waals surface area (Å²) in [5.74, 6) is 0.702. The molecule has 0 spiro atoms. The Balaban J connectivity index is 1.85. The Labute approximate surface area is 135 Å². The third-order valence-corrected chi connectivity index (χ3v) is 5.11. The number of nitrogens with one attached hydrogen (secondary N) is 2. The number of hydrogen-bond acceptors (Lipinski definition) is 3. The van der Waals surface area contributed by atoms with Crippen molar-refractivity contribution in [1.82, 2.24) is 10.6 Å². The summed E-state index contributed by atoms with van der Waals surface area (Å²) in [6.07, 6.45) is 5.48. The highest BCUT2D eigenvalue weighted by Crippen LogP contribution is 2.41. The summed E-state index contributed by atoms with van der Waals surface area (Å²) in [5, 5.41) is 6.85. The van der Waals surface area contributed by atoms with Gasteiger partial charge >= 0.3 is 6.09 Å². The van der Waals surface area contributed by atoms with Crippen molar-refractivity contribution in [2.45, 2.75) is 90.8 Å². The molecule has 2 aliphatic carbocycles. The van der Waals surface area contributed by atoms with Crippen LogP contribution in [0.25, 0.3) is 0 Å². The summed E-state index contributed by atoms with van der Waals surface area (Å²) in [4.78, 5) is 12.1. The lowest BCUT2D eigenvalue weighted by Crippen LogP contribution is -2.61. The maximum Gasteiger partial charge on any atom is 0.408 e. The molecule has 4 nitrogen and oxygen atoms in total. The number of carbonyl (C=O) groups excluding carboxylic acids is 1. The van der Waals surface area contributed by atoms with Crippen LogP contribution in [-0.2, 0) is 4.74 Å². The Bertz CT molecular complexity index is 408. The smallest absolute Gasteiger partial charge is 0.408 e. The highest BCUT2D eigenvalue weighted by molar-refractivity contribution is 5.69. The van der Waals surface area contributed by atoms with Crippen LogP contribution in [0.15, 0.2) is 0 Å². The molecule has 2 fully saturated rings. The van der Waals surface area contributed by atoms with Crippen LogP contribution in [0.2, 0.25) is 0 Å². The number of rotatable bonds is 4. The van der Waals surface area contributed by atoms with E-state index in [4.69, 9.17) is 4.74 Å². The largest absolute Gasteiger partial charge is 0.444 e. The zero-order chi connectivity index (χ0) is 16.6. The summed E-state index contributed by atoms with van der Waals surface area (Å²) in [5.41, 5.74) is -0.107. The molecule has 0 aromatic rings. The van der Waals surface area contributed by atoms with Gasteiger partial charge in [0.2, 0.25) is 0 Å². The summed E-state index contributed by atoms with van der Waals surface area (Å²) in [6.45, 7) is 13.6. The third-order valence-electron chi connectivity index (χ3n) is 5.11. The quantitative estimate of drug-likeness (QED) is 0.829. The monoisotopic (exact) mass is 310 g/mol. The Hall–Kier alpha value is -0.770. The van der Waals surface area contributed by atoms with Gasteiger partial charge in [0.15, 0.2) is 0 Å². The second-order valence-electron chi connectivity index (χ2n) is 9.30. The molecule has 0 aliphatic heterocycles. The zero-order valence-corrected chi connectivity index (χ0v) is 15.2. The highest BCUT2D eigenvalue weighted by atomic mass is 16.6. The number of carbonyl (C=O) groups is 1. The van der Waals surface area contributed by atoms with Crippen molar-refractivity contribution in [2.75, 3.05) is 6.54 Å². The van der Waals surface area contributed by atoms with Gasteiger partial charge in [0.05, 0.1) is 5.54 Å². The van der Waals surface area contributed by atoms with Crippen molar-refractivity contribution in [1.29, 1.82) is 0 Å². The molecule has 2 unspecified atom stereocenters. The molecule has 2 rings (SSSR count). The molecule has 1 amide bonds. The predicted molar refractivity (Wildman–Crippen MR) is 89.9 cm³/mol. The Morgan fingerprint density at radius 1 is 1.23 bits per heavy atom. The SMILES string of the molecule is CC1CC(C)(C)CC1NCC1(NC(=O)OC(C)(C)C)CCC1. The van der Waals surface area contributed by atoms with E-state index in [1.165, 1.54) is 19.3 Å². The minimum Gasteiger partial charge on any atom is -0.444 e. The molecular weight excluding hydrogens is 276 g/mol. The Morgan fingerprint density at radius 2 is 1.86 bits per heavy atom. The maximum absolute atomic E-state index is 12.1. The van der Waals surface area contributed by atoms with E-state index in [1.54, 1.807) is 0 Å². The van der Waals surface area contributed by atoms with E-state index in [9.17, 15) is 4.79 Å². The first kappa shape index (κ1) is 17.6. The van der Waals surface area contributed by atoms with E-state index in [1.807, 2.05) is 20.8 Å². The van der Waals surface area contributed by atoms with Crippen LogP contribution in [0.4, 0.5) is 4.79 Å². The van der Waals surface area contributed by atoms with Gasteiger partial charge < -0.3 is 15.4 Å². The van der Waals surface area contributed by atoms with Crippen LogP contribution in [0, 0.1) is 11.3 Å². The van der Waals surface area contributed by atoms with Gasteiger partial charge in [0.1, 0.15) is 5.60 Å². The molecule has 4 heteroatoms. The molecule has 2 saturated carbocycles.